The van der Waals surface area contributed by atoms with Crippen molar-refractivity contribution in [1.82, 2.24) is 15.1 Å². The van der Waals surface area contributed by atoms with Gasteiger partial charge >= 0.3 is 0 Å². The lowest BCUT2D eigenvalue weighted by molar-refractivity contribution is 0.00990. The van der Waals surface area contributed by atoms with Crippen LogP contribution in [0.25, 0.3) is 0 Å². The van der Waals surface area contributed by atoms with Gasteiger partial charge in [0.05, 0.1) is 6.10 Å². The maximum Gasteiger partial charge on any atom is 0.193 e. The van der Waals surface area contributed by atoms with Gasteiger partial charge in [0.1, 0.15) is 0 Å². The van der Waals surface area contributed by atoms with Crippen LogP contribution < -0.4 is 5.32 Å². The second-order valence-corrected chi connectivity index (χ2v) is 7.72. The van der Waals surface area contributed by atoms with Crippen molar-refractivity contribution in [1.29, 1.82) is 0 Å². The first kappa shape index (κ1) is 23.6. The van der Waals surface area contributed by atoms with E-state index in [2.05, 4.69) is 59.4 Å². The second kappa shape index (κ2) is 14.4. The normalized spacial score (nSPS) is 15.9. The number of nitrogens with one attached hydrogen (secondary N) is 1. The maximum absolute atomic E-state index is 5.97. The fourth-order valence-corrected chi connectivity index (χ4v) is 3.61. The first-order valence-electron chi connectivity index (χ1n) is 11.1. The molecule has 0 atom stereocenters. The summed E-state index contributed by atoms with van der Waals surface area (Å²) in [5.41, 5.74) is 1.36. The van der Waals surface area contributed by atoms with Gasteiger partial charge in [-0.2, -0.15) is 0 Å². The molecule has 1 aromatic rings. The van der Waals surface area contributed by atoms with Crippen molar-refractivity contribution in [2.45, 2.75) is 45.3 Å². The highest BCUT2D eigenvalue weighted by Gasteiger charge is 2.21. The molecule has 1 aromatic carbocycles. The number of guanidine groups is 1. The number of rotatable bonds is 12. The van der Waals surface area contributed by atoms with Crippen LogP contribution >= 0.6 is 0 Å². The Labute approximate surface area is 177 Å². The summed E-state index contributed by atoms with van der Waals surface area (Å²) in [6.45, 7) is 9.52. The van der Waals surface area contributed by atoms with Gasteiger partial charge in [0.25, 0.3) is 0 Å². The van der Waals surface area contributed by atoms with Crippen molar-refractivity contribution in [3.63, 3.8) is 0 Å². The summed E-state index contributed by atoms with van der Waals surface area (Å²) in [5, 5.41) is 3.46. The fourth-order valence-electron chi connectivity index (χ4n) is 3.61. The average Bonchev–Trinajstić information content (AvgIpc) is 2.75. The van der Waals surface area contributed by atoms with Gasteiger partial charge in [-0.25, -0.2) is 0 Å². The zero-order valence-corrected chi connectivity index (χ0v) is 18.6. The van der Waals surface area contributed by atoms with Crippen LogP contribution in [0.1, 0.15) is 38.2 Å². The molecule has 1 saturated heterocycles. The number of likely N-dealkylation sites (tertiary alicyclic amines) is 1. The Morgan fingerprint density at radius 3 is 2.62 bits per heavy atom. The Bertz CT molecular complexity index is 559. The zero-order valence-electron chi connectivity index (χ0n) is 18.6. The van der Waals surface area contributed by atoms with Gasteiger partial charge in [-0.3, -0.25) is 4.99 Å². The molecule has 29 heavy (non-hydrogen) atoms. The van der Waals surface area contributed by atoms with Gasteiger partial charge in [-0.05, 0) is 51.8 Å². The van der Waals surface area contributed by atoms with Crippen molar-refractivity contribution < 1.29 is 9.47 Å². The summed E-state index contributed by atoms with van der Waals surface area (Å²) >= 11 is 0. The molecule has 0 aliphatic carbocycles. The molecule has 1 aliphatic heterocycles. The van der Waals surface area contributed by atoms with E-state index >= 15 is 0 Å². The SMILES string of the molecule is CCNC(=NCCCN(C)Cc1ccccc1)N1CCC(OCCCOC)CC1. The van der Waals surface area contributed by atoms with Gasteiger partial charge in [0.2, 0.25) is 0 Å². The Hall–Kier alpha value is -1.63. The molecule has 1 heterocycles. The summed E-state index contributed by atoms with van der Waals surface area (Å²) < 4.78 is 11.1. The van der Waals surface area contributed by atoms with Crippen LogP contribution in [0.4, 0.5) is 0 Å². The van der Waals surface area contributed by atoms with E-state index in [4.69, 9.17) is 14.5 Å². The van der Waals surface area contributed by atoms with Crippen molar-refractivity contribution in [3.8, 4) is 0 Å². The standard InChI is InChI=1S/C23H40N4O2/c1-4-24-23(27-16-12-22(13-17-27)29-19-9-18-28-3)25-14-8-15-26(2)20-21-10-6-5-7-11-21/h5-7,10-11,22H,4,8-9,12-20H2,1-3H3,(H,24,25). The number of benzene rings is 1. The van der Waals surface area contributed by atoms with E-state index in [1.54, 1.807) is 7.11 Å². The van der Waals surface area contributed by atoms with Crippen LogP contribution in [0.3, 0.4) is 0 Å². The van der Waals surface area contributed by atoms with E-state index in [1.165, 1.54) is 5.56 Å². The molecule has 164 valence electrons. The predicted molar refractivity (Wildman–Crippen MR) is 120 cm³/mol. The number of ether oxygens (including phenoxy) is 2. The van der Waals surface area contributed by atoms with Crippen LogP contribution in [-0.2, 0) is 16.0 Å². The molecule has 2 rings (SSSR count). The summed E-state index contributed by atoms with van der Waals surface area (Å²) in [6, 6.07) is 10.6. The van der Waals surface area contributed by atoms with E-state index in [9.17, 15) is 0 Å². The highest BCUT2D eigenvalue weighted by Crippen LogP contribution is 2.14. The summed E-state index contributed by atoms with van der Waals surface area (Å²) in [7, 11) is 3.92. The number of methoxy groups -OCH3 is 1. The minimum absolute atomic E-state index is 0.373. The molecule has 6 heteroatoms. The predicted octanol–water partition coefficient (Wildman–Crippen LogP) is 2.99. The van der Waals surface area contributed by atoms with E-state index < -0.39 is 0 Å². The lowest BCUT2D eigenvalue weighted by Gasteiger charge is -2.34. The summed E-state index contributed by atoms with van der Waals surface area (Å²) in [6.07, 6.45) is 4.54. The first-order chi connectivity index (χ1) is 14.2. The quantitative estimate of drug-likeness (QED) is 0.330. The molecule has 0 aromatic heterocycles. The van der Waals surface area contributed by atoms with Crippen LogP contribution in [0.2, 0.25) is 0 Å². The number of hydrogen-bond acceptors (Lipinski definition) is 4. The van der Waals surface area contributed by atoms with E-state index in [0.717, 1.165) is 84.1 Å². The van der Waals surface area contributed by atoms with Gasteiger partial charge in [0, 0.05) is 53.0 Å². The molecular formula is C23H40N4O2. The number of aliphatic imine (C=N–C) groups is 1. The Morgan fingerprint density at radius 2 is 1.93 bits per heavy atom. The summed E-state index contributed by atoms with van der Waals surface area (Å²) in [5.74, 6) is 1.05. The van der Waals surface area contributed by atoms with E-state index in [1.807, 2.05) is 0 Å². The van der Waals surface area contributed by atoms with Crippen LogP contribution in [0.5, 0.6) is 0 Å². The maximum atomic E-state index is 5.97. The third-order valence-corrected chi connectivity index (χ3v) is 5.18. The van der Waals surface area contributed by atoms with Crippen LogP contribution in [0.15, 0.2) is 35.3 Å². The minimum Gasteiger partial charge on any atom is -0.385 e. The number of piperidine rings is 1. The number of nitrogens with zero attached hydrogens (tertiary/aromatic N) is 3. The monoisotopic (exact) mass is 404 g/mol. The van der Waals surface area contributed by atoms with Crippen molar-refractivity contribution in [2.75, 3.05) is 60.1 Å². The van der Waals surface area contributed by atoms with Crippen molar-refractivity contribution in [3.05, 3.63) is 35.9 Å². The highest BCUT2D eigenvalue weighted by atomic mass is 16.5. The smallest absolute Gasteiger partial charge is 0.193 e. The summed E-state index contributed by atoms with van der Waals surface area (Å²) in [4.78, 5) is 9.62. The lowest BCUT2D eigenvalue weighted by Crippen LogP contribution is -2.47. The Morgan fingerprint density at radius 1 is 1.17 bits per heavy atom. The third-order valence-electron chi connectivity index (χ3n) is 5.18. The molecular weight excluding hydrogens is 364 g/mol. The van der Waals surface area contributed by atoms with Gasteiger partial charge in [-0.15, -0.1) is 0 Å². The molecule has 0 amide bonds. The van der Waals surface area contributed by atoms with E-state index in [-0.39, 0.29) is 0 Å². The first-order valence-corrected chi connectivity index (χ1v) is 11.1. The Balaban J connectivity index is 1.68. The molecule has 1 aliphatic rings. The minimum atomic E-state index is 0.373. The lowest BCUT2D eigenvalue weighted by atomic mass is 10.1. The van der Waals surface area contributed by atoms with Gasteiger partial charge < -0.3 is 24.6 Å². The molecule has 0 bridgehead atoms. The van der Waals surface area contributed by atoms with Crippen LogP contribution in [0, 0.1) is 0 Å². The Kier molecular flexibility index (Phi) is 11.7. The van der Waals surface area contributed by atoms with E-state index in [0.29, 0.717) is 6.10 Å². The second-order valence-electron chi connectivity index (χ2n) is 7.72. The molecule has 0 radical (unpaired) electrons. The topological polar surface area (TPSA) is 49.3 Å². The van der Waals surface area contributed by atoms with Crippen LogP contribution in [-0.4, -0.2) is 82.0 Å². The molecule has 6 nitrogen and oxygen atoms in total. The van der Waals surface area contributed by atoms with Crippen molar-refractivity contribution >= 4 is 5.96 Å². The zero-order chi connectivity index (χ0) is 20.7. The largest absolute Gasteiger partial charge is 0.385 e. The van der Waals surface area contributed by atoms with Gasteiger partial charge in [-0.1, -0.05) is 30.3 Å². The van der Waals surface area contributed by atoms with Gasteiger partial charge in [0.15, 0.2) is 5.96 Å². The molecule has 1 N–H and O–H groups in total. The number of hydrogen-bond donors (Lipinski definition) is 1. The molecule has 0 saturated carbocycles. The van der Waals surface area contributed by atoms with Crippen molar-refractivity contribution in [2.24, 2.45) is 4.99 Å². The molecule has 0 unspecified atom stereocenters. The highest BCUT2D eigenvalue weighted by molar-refractivity contribution is 5.80. The average molecular weight is 405 g/mol. The molecule has 1 fully saturated rings. The fraction of sp³-hybridized carbons (Fsp3) is 0.696. The third kappa shape index (κ3) is 9.61. The molecule has 0 spiro atoms.